The highest BCUT2D eigenvalue weighted by Gasteiger charge is 2.26. The van der Waals surface area contributed by atoms with Crippen LogP contribution in [0, 0.1) is 18.8 Å². The number of hydrogen-bond donors (Lipinski definition) is 1. The van der Waals surface area contributed by atoms with Gasteiger partial charge in [0.15, 0.2) is 0 Å². The van der Waals surface area contributed by atoms with Crippen LogP contribution in [0.3, 0.4) is 0 Å². The number of nitrogens with one attached hydrogen (secondary N) is 1. The Labute approximate surface area is 135 Å². The van der Waals surface area contributed by atoms with Crippen LogP contribution >= 0.6 is 11.6 Å². The summed E-state index contributed by atoms with van der Waals surface area (Å²) in [6, 6.07) is 7.02. The highest BCUT2D eigenvalue weighted by Crippen LogP contribution is 2.34. The molecule has 0 heterocycles. The van der Waals surface area contributed by atoms with Crippen LogP contribution in [0.25, 0.3) is 0 Å². The first-order chi connectivity index (χ1) is 10.1. The lowest BCUT2D eigenvalue weighted by Gasteiger charge is -2.34. The van der Waals surface area contributed by atoms with Gasteiger partial charge in [0.1, 0.15) is 0 Å². The monoisotopic (exact) mass is 307 g/mol. The molecular weight excluding hydrogens is 278 g/mol. The molecule has 1 saturated carbocycles. The zero-order valence-corrected chi connectivity index (χ0v) is 14.5. The van der Waals surface area contributed by atoms with Gasteiger partial charge in [-0.3, -0.25) is 0 Å². The summed E-state index contributed by atoms with van der Waals surface area (Å²) in [6.07, 6.45) is 9.39. The van der Waals surface area contributed by atoms with Gasteiger partial charge in [-0.25, -0.2) is 0 Å². The van der Waals surface area contributed by atoms with Gasteiger partial charge in [0.25, 0.3) is 0 Å². The van der Waals surface area contributed by atoms with Gasteiger partial charge in [0.2, 0.25) is 0 Å². The van der Waals surface area contributed by atoms with Crippen LogP contribution in [0.5, 0.6) is 0 Å². The molecule has 0 spiro atoms. The molecule has 118 valence electrons. The fourth-order valence-electron chi connectivity index (χ4n) is 3.85. The number of halogens is 1. The summed E-state index contributed by atoms with van der Waals surface area (Å²) in [5.74, 6) is 1.78. The number of likely N-dealkylation sites (N-methyl/N-ethyl adjacent to an activating group) is 1. The molecular formula is C19H30ClN. The molecule has 2 heteroatoms. The van der Waals surface area contributed by atoms with E-state index in [-0.39, 0.29) is 0 Å². The maximum atomic E-state index is 6.41. The van der Waals surface area contributed by atoms with Crippen molar-refractivity contribution in [2.45, 2.75) is 64.8 Å². The fourth-order valence-corrected chi connectivity index (χ4v) is 4.16. The Bertz CT molecular complexity index is 435. The maximum Gasteiger partial charge on any atom is 0.0441 e. The lowest BCUT2D eigenvalue weighted by Crippen LogP contribution is -2.37. The highest BCUT2D eigenvalue weighted by molar-refractivity contribution is 6.31. The molecule has 1 aliphatic rings. The summed E-state index contributed by atoms with van der Waals surface area (Å²) >= 11 is 6.41. The molecule has 21 heavy (non-hydrogen) atoms. The predicted molar refractivity (Wildman–Crippen MR) is 93.1 cm³/mol. The number of hydrogen-bond acceptors (Lipinski definition) is 1. The van der Waals surface area contributed by atoms with Crippen molar-refractivity contribution in [1.82, 2.24) is 5.32 Å². The Balaban J connectivity index is 1.94. The molecule has 1 aliphatic carbocycles. The molecule has 0 radical (unpaired) electrons. The van der Waals surface area contributed by atoms with E-state index < -0.39 is 0 Å². The molecule has 0 amide bonds. The van der Waals surface area contributed by atoms with E-state index in [2.05, 4.69) is 44.4 Å². The van der Waals surface area contributed by atoms with E-state index in [1.165, 1.54) is 49.7 Å². The van der Waals surface area contributed by atoms with Gasteiger partial charge >= 0.3 is 0 Å². The van der Waals surface area contributed by atoms with E-state index in [9.17, 15) is 0 Å². The molecule has 1 unspecified atom stereocenters. The van der Waals surface area contributed by atoms with Crippen molar-refractivity contribution in [1.29, 1.82) is 0 Å². The minimum atomic E-state index is 0.563. The standard InChI is InChI=1S/C19H30ClN/c1-4-5-15-7-10-16(11-8-15)19(21-3)13-17-9-6-14(2)12-18(17)20/h6,9,12,15-16,19,21H,4-5,7-8,10-11,13H2,1-3H3. The maximum absolute atomic E-state index is 6.41. The molecule has 2 rings (SSSR count). The van der Waals surface area contributed by atoms with Gasteiger partial charge < -0.3 is 5.32 Å². The van der Waals surface area contributed by atoms with Crippen molar-refractivity contribution in [3.8, 4) is 0 Å². The average Bonchev–Trinajstić information content (AvgIpc) is 2.48. The Morgan fingerprint density at radius 2 is 1.95 bits per heavy atom. The molecule has 0 aliphatic heterocycles. The lowest BCUT2D eigenvalue weighted by molar-refractivity contribution is 0.217. The Hall–Kier alpha value is -0.530. The second kappa shape index (κ2) is 8.19. The van der Waals surface area contributed by atoms with Crippen molar-refractivity contribution >= 4 is 11.6 Å². The van der Waals surface area contributed by atoms with E-state index in [1.54, 1.807) is 0 Å². The largest absolute Gasteiger partial charge is 0.316 e. The quantitative estimate of drug-likeness (QED) is 0.743. The van der Waals surface area contributed by atoms with Gasteiger partial charge in [-0.2, -0.15) is 0 Å². The van der Waals surface area contributed by atoms with Crippen molar-refractivity contribution in [2.24, 2.45) is 11.8 Å². The van der Waals surface area contributed by atoms with Crippen LogP contribution in [0.2, 0.25) is 5.02 Å². The van der Waals surface area contributed by atoms with Gasteiger partial charge in [0.05, 0.1) is 0 Å². The smallest absolute Gasteiger partial charge is 0.0441 e. The third kappa shape index (κ3) is 4.72. The van der Waals surface area contributed by atoms with Crippen molar-refractivity contribution in [3.05, 3.63) is 34.3 Å². The summed E-state index contributed by atoms with van der Waals surface area (Å²) in [5, 5.41) is 4.48. The highest BCUT2D eigenvalue weighted by atomic mass is 35.5. The molecule has 1 N–H and O–H groups in total. The number of aryl methyl sites for hydroxylation is 1. The van der Waals surface area contributed by atoms with Crippen molar-refractivity contribution < 1.29 is 0 Å². The molecule has 0 aromatic heterocycles. The summed E-state index contributed by atoms with van der Waals surface area (Å²) in [4.78, 5) is 0. The average molecular weight is 308 g/mol. The van der Waals surface area contributed by atoms with Crippen LogP contribution in [-0.2, 0) is 6.42 Å². The Kier molecular flexibility index (Phi) is 6.57. The van der Waals surface area contributed by atoms with E-state index in [0.717, 1.165) is 23.3 Å². The third-order valence-electron chi connectivity index (χ3n) is 5.18. The molecule has 1 atom stereocenters. The minimum Gasteiger partial charge on any atom is -0.316 e. The lowest BCUT2D eigenvalue weighted by atomic mass is 9.76. The first kappa shape index (κ1) is 16.8. The van der Waals surface area contributed by atoms with Gasteiger partial charge in [0, 0.05) is 11.1 Å². The van der Waals surface area contributed by atoms with Gasteiger partial charge in [-0.05, 0) is 62.3 Å². The molecule has 0 bridgehead atoms. The summed E-state index contributed by atoms with van der Waals surface area (Å²) in [6.45, 7) is 4.40. The number of rotatable bonds is 6. The normalized spacial score (nSPS) is 24.0. The second-order valence-corrected chi connectivity index (χ2v) is 7.17. The second-order valence-electron chi connectivity index (χ2n) is 6.76. The zero-order valence-electron chi connectivity index (χ0n) is 13.8. The summed E-state index contributed by atoms with van der Waals surface area (Å²) in [7, 11) is 2.10. The van der Waals surface area contributed by atoms with E-state index in [0.29, 0.717) is 6.04 Å². The first-order valence-corrected chi connectivity index (χ1v) is 8.94. The van der Waals surface area contributed by atoms with Crippen LogP contribution in [0.15, 0.2) is 18.2 Å². The first-order valence-electron chi connectivity index (χ1n) is 8.56. The van der Waals surface area contributed by atoms with E-state index in [4.69, 9.17) is 11.6 Å². The number of benzene rings is 1. The topological polar surface area (TPSA) is 12.0 Å². The van der Waals surface area contributed by atoms with Gasteiger partial charge in [-0.15, -0.1) is 0 Å². The fraction of sp³-hybridized carbons (Fsp3) is 0.684. The minimum absolute atomic E-state index is 0.563. The van der Waals surface area contributed by atoms with Crippen LogP contribution in [0.1, 0.15) is 56.6 Å². The zero-order chi connectivity index (χ0) is 15.2. The summed E-state index contributed by atoms with van der Waals surface area (Å²) in [5.41, 5.74) is 2.53. The van der Waals surface area contributed by atoms with E-state index in [1.807, 2.05) is 0 Å². The van der Waals surface area contributed by atoms with Crippen LogP contribution in [0.4, 0.5) is 0 Å². The Morgan fingerprint density at radius 1 is 1.24 bits per heavy atom. The van der Waals surface area contributed by atoms with Crippen LogP contribution < -0.4 is 5.32 Å². The molecule has 1 fully saturated rings. The van der Waals surface area contributed by atoms with E-state index >= 15 is 0 Å². The van der Waals surface area contributed by atoms with Crippen molar-refractivity contribution in [3.63, 3.8) is 0 Å². The predicted octanol–water partition coefficient (Wildman–Crippen LogP) is 5.39. The molecule has 1 aromatic carbocycles. The molecule has 0 saturated heterocycles. The van der Waals surface area contributed by atoms with Crippen molar-refractivity contribution in [2.75, 3.05) is 7.05 Å². The van der Waals surface area contributed by atoms with Crippen LogP contribution in [-0.4, -0.2) is 13.1 Å². The SMILES string of the molecule is CCCC1CCC(C(Cc2ccc(C)cc2Cl)NC)CC1. The molecule has 1 nitrogen and oxygen atoms in total. The summed E-state index contributed by atoms with van der Waals surface area (Å²) < 4.78 is 0. The third-order valence-corrected chi connectivity index (χ3v) is 5.53. The Morgan fingerprint density at radius 3 is 2.52 bits per heavy atom. The van der Waals surface area contributed by atoms with Gasteiger partial charge in [-0.1, -0.05) is 56.3 Å². The molecule has 1 aromatic rings.